The summed E-state index contributed by atoms with van der Waals surface area (Å²) in [5, 5.41) is 5.71. The molecule has 2 aromatic rings. The summed E-state index contributed by atoms with van der Waals surface area (Å²) in [6, 6.07) is 4.68. The van der Waals surface area contributed by atoms with Gasteiger partial charge in [0.1, 0.15) is 0 Å². The second kappa shape index (κ2) is 9.74. The van der Waals surface area contributed by atoms with Crippen molar-refractivity contribution in [3.63, 3.8) is 0 Å². The number of amides is 2. The fraction of sp³-hybridized carbons (Fsp3) is 0.294. The molecular formula is C17H15F6N3O2S. The van der Waals surface area contributed by atoms with Crippen molar-refractivity contribution in [2.75, 3.05) is 25.0 Å². The number of hydrogen-bond donors (Lipinski definition) is 2. The molecule has 12 heteroatoms. The molecule has 0 aliphatic heterocycles. The summed E-state index contributed by atoms with van der Waals surface area (Å²) in [4.78, 5) is 25.1. The van der Waals surface area contributed by atoms with Gasteiger partial charge < -0.3 is 10.6 Å². The lowest BCUT2D eigenvalue weighted by Crippen LogP contribution is -2.43. The second-order valence-electron chi connectivity index (χ2n) is 5.89. The van der Waals surface area contributed by atoms with Crippen LogP contribution >= 0.6 is 11.3 Å². The second-order valence-corrected chi connectivity index (χ2v) is 6.92. The summed E-state index contributed by atoms with van der Waals surface area (Å²) >= 11 is 1.23. The predicted octanol–water partition coefficient (Wildman–Crippen LogP) is 3.28. The van der Waals surface area contributed by atoms with Crippen molar-refractivity contribution in [3.05, 3.63) is 52.0 Å². The number of benzene rings is 1. The predicted molar refractivity (Wildman–Crippen MR) is 93.6 cm³/mol. The van der Waals surface area contributed by atoms with Gasteiger partial charge in [0.05, 0.1) is 25.3 Å². The minimum absolute atomic E-state index is 0.114. The summed E-state index contributed by atoms with van der Waals surface area (Å²) in [7, 11) is 0. The van der Waals surface area contributed by atoms with Crippen molar-refractivity contribution < 1.29 is 35.9 Å². The minimum Gasteiger partial charge on any atom is -0.346 e. The normalized spacial score (nSPS) is 11.6. The van der Waals surface area contributed by atoms with Crippen LogP contribution in [0.1, 0.15) is 4.88 Å². The lowest BCUT2D eigenvalue weighted by molar-refractivity contribution is -0.150. The van der Waals surface area contributed by atoms with Gasteiger partial charge in [-0.3, -0.25) is 14.5 Å². The summed E-state index contributed by atoms with van der Waals surface area (Å²) in [6.45, 7) is -2.78. The summed E-state index contributed by atoms with van der Waals surface area (Å²) in [6.07, 6.45) is -4.53. The molecule has 0 radical (unpaired) electrons. The third-order valence-electron chi connectivity index (χ3n) is 3.49. The molecule has 0 spiro atoms. The van der Waals surface area contributed by atoms with Crippen molar-refractivity contribution in [1.82, 2.24) is 10.2 Å². The van der Waals surface area contributed by atoms with Crippen LogP contribution in [-0.2, 0) is 16.1 Å². The third-order valence-corrected chi connectivity index (χ3v) is 4.35. The summed E-state index contributed by atoms with van der Waals surface area (Å²) in [5.74, 6) is -6.67. The maximum Gasteiger partial charge on any atom is 0.401 e. The Morgan fingerprint density at radius 2 is 1.76 bits per heavy atom. The molecule has 0 unspecified atom stereocenters. The van der Waals surface area contributed by atoms with Crippen LogP contribution in [0.4, 0.5) is 32.0 Å². The zero-order valence-electron chi connectivity index (χ0n) is 14.7. The standard InChI is InChI=1S/C17H15F6N3O2S/c18-11-3-4-12(16(20)15(11)19)25-13(27)6-24-14(28)8-26(9-17(21,22)23)7-10-2-1-5-29-10/h1-5H,6-9H2,(H,24,28)(H,25,27). The zero-order valence-corrected chi connectivity index (χ0v) is 15.5. The van der Waals surface area contributed by atoms with E-state index in [4.69, 9.17) is 0 Å². The van der Waals surface area contributed by atoms with Crippen LogP contribution in [0.2, 0.25) is 0 Å². The average molecular weight is 439 g/mol. The van der Waals surface area contributed by atoms with Crippen LogP contribution in [0.3, 0.4) is 0 Å². The highest BCUT2D eigenvalue weighted by Crippen LogP contribution is 2.20. The first kappa shape index (κ1) is 22.7. The minimum atomic E-state index is -4.53. The van der Waals surface area contributed by atoms with E-state index in [-0.39, 0.29) is 6.54 Å². The molecule has 0 aliphatic carbocycles. The lowest BCUT2D eigenvalue weighted by atomic mass is 10.2. The van der Waals surface area contributed by atoms with E-state index in [1.807, 2.05) is 5.32 Å². The van der Waals surface area contributed by atoms with Crippen molar-refractivity contribution in [3.8, 4) is 0 Å². The molecule has 0 saturated carbocycles. The van der Waals surface area contributed by atoms with E-state index in [0.29, 0.717) is 10.9 Å². The maximum absolute atomic E-state index is 13.5. The van der Waals surface area contributed by atoms with Gasteiger partial charge in [-0.25, -0.2) is 13.2 Å². The van der Waals surface area contributed by atoms with E-state index in [9.17, 15) is 35.9 Å². The van der Waals surface area contributed by atoms with E-state index in [2.05, 4.69) is 5.32 Å². The number of rotatable bonds is 8. The van der Waals surface area contributed by atoms with Crippen LogP contribution in [0.5, 0.6) is 0 Å². The van der Waals surface area contributed by atoms with E-state index in [1.165, 1.54) is 11.3 Å². The summed E-state index contributed by atoms with van der Waals surface area (Å²) < 4.78 is 77.6. The quantitative estimate of drug-likeness (QED) is 0.490. The fourth-order valence-corrected chi connectivity index (χ4v) is 3.05. The molecule has 0 atom stereocenters. The molecule has 2 amide bonds. The number of thiophene rings is 1. The highest BCUT2D eigenvalue weighted by Gasteiger charge is 2.31. The molecule has 2 N–H and O–H groups in total. The molecule has 0 aliphatic rings. The summed E-state index contributed by atoms with van der Waals surface area (Å²) in [5.41, 5.74) is -0.639. The van der Waals surface area contributed by atoms with Crippen LogP contribution in [0.25, 0.3) is 0 Å². The number of carbonyl (C=O) groups is 2. The first-order valence-electron chi connectivity index (χ1n) is 8.06. The van der Waals surface area contributed by atoms with Crippen LogP contribution < -0.4 is 10.6 Å². The largest absolute Gasteiger partial charge is 0.401 e. The van der Waals surface area contributed by atoms with Gasteiger partial charge in [-0.15, -0.1) is 11.3 Å². The first-order valence-corrected chi connectivity index (χ1v) is 8.94. The van der Waals surface area contributed by atoms with Gasteiger partial charge in [-0.2, -0.15) is 13.2 Å². The first-order chi connectivity index (χ1) is 13.5. The average Bonchev–Trinajstić information content (AvgIpc) is 3.12. The zero-order chi connectivity index (χ0) is 21.6. The Kier molecular flexibility index (Phi) is 7.62. The van der Waals surface area contributed by atoms with Gasteiger partial charge in [-0.05, 0) is 23.6 Å². The topological polar surface area (TPSA) is 61.4 Å². The SMILES string of the molecule is O=C(CN(Cc1cccs1)CC(F)(F)F)NCC(=O)Nc1ccc(F)c(F)c1F. The Labute approximate surface area is 165 Å². The maximum atomic E-state index is 13.5. The van der Waals surface area contributed by atoms with E-state index in [1.54, 1.807) is 17.5 Å². The van der Waals surface area contributed by atoms with Gasteiger partial charge in [0, 0.05) is 11.4 Å². The van der Waals surface area contributed by atoms with E-state index < -0.39 is 60.8 Å². The number of alkyl halides is 3. The molecule has 1 aromatic carbocycles. The van der Waals surface area contributed by atoms with Crippen LogP contribution in [0, 0.1) is 17.5 Å². The van der Waals surface area contributed by atoms with Crippen molar-refractivity contribution >= 4 is 28.8 Å². The molecular weight excluding hydrogens is 424 g/mol. The smallest absolute Gasteiger partial charge is 0.346 e. The number of carbonyl (C=O) groups excluding carboxylic acids is 2. The number of hydrogen-bond acceptors (Lipinski definition) is 4. The molecule has 158 valence electrons. The molecule has 0 bridgehead atoms. The van der Waals surface area contributed by atoms with Gasteiger partial charge in [-0.1, -0.05) is 6.07 Å². The lowest BCUT2D eigenvalue weighted by Gasteiger charge is -2.22. The van der Waals surface area contributed by atoms with Crippen molar-refractivity contribution in [2.24, 2.45) is 0 Å². The molecule has 5 nitrogen and oxygen atoms in total. The van der Waals surface area contributed by atoms with Gasteiger partial charge >= 0.3 is 6.18 Å². The van der Waals surface area contributed by atoms with Gasteiger partial charge in [0.15, 0.2) is 17.5 Å². The fourth-order valence-electron chi connectivity index (χ4n) is 2.30. The van der Waals surface area contributed by atoms with Crippen LogP contribution in [0.15, 0.2) is 29.6 Å². The third kappa shape index (κ3) is 7.38. The molecule has 2 rings (SSSR count). The monoisotopic (exact) mass is 439 g/mol. The highest BCUT2D eigenvalue weighted by molar-refractivity contribution is 7.09. The Morgan fingerprint density at radius 1 is 1.03 bits per heavy atom. The number of nitrogens with zero attached hydrogens (tertiary/aromatic N) is 1. The molecule has 0 fully saturated rings. The van der Waals surface area contributed by atoms with Crippen molar-refractivity contribution in [2.45, 2.75) is 12.7 Å². The Bertz CT molecular complexity index is 858. The van der Waals surface area contributed by atoms with E-state index in [0.717, 1.165) is 11.0 Å². The highest BCUT2D eigenvalue weighted by atomic mass is 32.1. The number of halogens is 6. The molecule has 29 heavy (non-hydrogen) atoms. The van der Waals surface area contributed by atoms with E-state index >= 15 is 0 Å². The Hall–Kier alpha value is -2.60. The molecule has 1 aromatic heterocycles. The molecule has 1 heterocycles. The number of nitrogens with one attached hydrogen (secondary N) is 2. The van der Waals surface area contributed by atoms with Gasteiger partial charge in [0.2, 0.25) is 11.8 Å². The van der Waals surface area contributed by atoms with Crippen molar-refractivity contribution in [1.29, 1.82) is 0 Å². The van der Waals surface area contributed by atoms with Gasteiger partial charge in [0.25, 0.3) is 0 Å². The number of anilines is 1. The molecule has 0 saturated heterocycles. The Balaban J connectivity index is 1.89. The van der Waals surface area contributed by atoms with Crippen LogP contribution in [-0.4, -0.2) is 42.5 Å². The Morgan fingerprint density at radius 3 is 2.38 bits per heavy atom.